The van der Waals surface area contributed by atoms with Gasteiger partial charge in [0.1, 0.15) is 12.4 Å². The van der Waals surface area contributed by atoms with Crippen molar-refractivity contribution in [2.24, 2.45) is 5.92 Å². The van der Waals surface area contributed by atoms with Gasteiger partial charge < -0.3 is 4.90 Å². The number of aromatic nitrogens is 4. The second-order valence-corrected chi connectivity index (χ2v) is 7.02. The summed E-state index contributed by atoms with van der Waals surface area (Å²) in [5, 5.41) is 11.3. The smallest absolute Gasteiger partial charge is 0.244 e. The summed E-state index contributed by atoms with van der Waals surface area (Å²) in [7, 11) is 0. The highest BCUT2D eigenvalue weighted by molar-refractivity contribution is 5.76. The lowest BCUT2D eigenvalue weighted by molar-refractivity contribution is -0.132. The van der Waals surface area contributed by atoms with Gasteiger partial charge in [-0.25, -0.2) is 4.68 Å². The Morgan fingerprint density at radius 1 is 1.26 bits per heavy atom. The lowest BCUT2D eigenvalue weighted by Gasteiger charge is -2.35. The lowest BCUT2D eigenvalue weighted by Crippen LogP contribution is -2.44. The van der Waals surface area contributed by atoms with E-state index in [0.29, 0.717) is 17.8 Å². The van der Waals surface area contributed by atoms with Crippen LogP contribution in [0.3, 0.4) is 0 Å². The minimum Gasteiger partial charge on any atom is -0.339 e. The molecular formula is C16H26N6O. The molecule has 7 heteroatoms. The summed E-state index contributed by atoms with van der Waals surface area (Å²) in [5.74, 6) is 1.39. The molecule has 0 unspecified atom stereocenters. The van der Waals surface area contributed by atoms with Crippen molar-refractivity contribution in [3.8, 4) is 0 Å². The van der Waals surface area contributed by atoms with E-state index in [1.165, 1.54) is 18.4 Å². The molecule has 1 aromatic rings. The summed E-state index contributed by atoms with van der Waals surface area (Å²) in [4.78, 5) is 17.2. The molecule has 0 radical (unpaired) electrons. The number of carbonyl (C=O) groups is 1. The number of aryl methyl sites for hydroxylation is 1. The molecule has 0 spiro atoms. The van der Waals surface area contributed by atoms with E-state index in [-0.39, 0.29) is 12.5 Å². The molecule has 23 heavy (non-hydrogen) atoms. The van der Waals surface area contributed by atoms with Crippen LogP contribution in [0.5, 0.6) is 0 Å². The zero-order valence-electron chi connectivity index (χ0n) is 14.3. The van der Waals surface area contributed by atoms with Crippen molar-refractivity contribution < 1.29 is 4.79 Å². The third kappa shape index (κ3) is 3.77. The molecule has 0 N–H and O–H groups in total. The van der Waals surface area contributed by atoms with E-state index in [2.05, 4.69) is 40.3 Å². The molecule has 7 nitrogen and oxygen atoms in total. The topological polar surface area (TPSA) is 67.2 Å². The van der Waals surface area contributed by atoms with Crippen LogP contribution in [0.25, 0.3) is 0 Å². The fraction of sp³-hybridized carbons (Fsp3) is 0.750. The van der Waals surface area contributed by atoms with Crippen molar-refractivity contribution in [2.75, 3.05) is 26.2 Å². The van der Waals surface area contributed by atoms with Gasteiger partial charge in [-0.15, -0.1) is 5.10 Å². The summed E-state index contributed by atoms with van der Waals surface area (Å²) in [6, 6.07) is 0.475. The van der Waals surface area contributed by atoms with Crippen LogP contribution in [0.2, 0.25) is 0 Å². The van der Waals surface area contributed by atoms with Crippen molar-refractivity contribution in [1.29, 1.82) is 0 Å². The van der Waals surface area contributed by atoms with Gasteiger partial charge in [0.05, 0.1) is 0 Å². The number of rotatable bonds is 4. The molecule has 4 heterocycles. The first-order valence-corrected chi connectivity index (χ1v) is 8.41. The monoisotopic (exact) mass is 318 g/mol. The number of amides is 1. The van der Waals surface area contributed by atoms with Crippen LogP contribution in [0, 0.1) is 12.8 Å². The third-order valence-electron chi connectivity index (χ3n) is 4.91. The normalized spacial score (nSPS) is 24.6. The average Bonchev–Trinajstić information content (AvgIpc) is 2.75. The van der Waals surface area contributed by atoms with E-state index < -0.39 is 0 Å². The maximum Gasteiger partial charge on any atom is 0.244 e. The highest BCUT2D eigenvalue weighted by atomic mass is 16.2. The van der Waals surface area contributed by atoms with Crippen LogP contribution in [0.15, 0.2) is 11.6 Å². The molecule has 0 saturated carbocycles. The molecule has 3 fully saturated rings. The number of hydrogen-bond donors (Lipinski definition) is 0. The predicted molar refractivity (Wildman–Crippen MR) is 86.7 cm³/mol. The molecule has 0 aliphatic carbocycles. The first kappa shape index (κ1) is 16.1. The molecule has 0 aromatic carbocycles. The van der Waals surface area contributed by atoms with E-state index in [4.69, 9.17) is 0 Å². The van der Waals surface area contributed by atoms with Gasteiger partial charge in [0.25, 0.3) is 0 Å². The van der Waals surface area contributed by atoms with E-state index in [1.807, 2.05) is 11.8 Å². The van der Waals surface area contributed by atoms with Crippen LogP contribution in [0.1, 0.15) is 32.5 Å². The van der Waals surface area contributed by atoms with Crippen LogP contribution >= 0.6 is 0 Å². The second kappa shape index (κ2) is 6.78. The maximum atomic E-state index is 12.6. The van der Waals surface area contributed by atoms with Crippen molar-refractivity contribution in [2.45, 2.75) is 46.2 Å². The predicted octanol–water partition coefficient (Wildman–Crippen LogP) is 0.871. The summed E-state index contributed by atoms with van der Waals surface area (Å²) in [6.45, 7) is 10.1. The fourth-order valence-electron chi connectivity index (χ4n) is 3.53. The van der Waals surface area contributed by atoms with Gasteiger partial charge in [-0.1, -0.05) is 11.6 Å². The summed E-state index contributed by atoms with van der Waals surface area (Å²) >= 11 is 0. The molecular weight excluding hydrogens is 292 g/mol. The van der Waals surface area contributed by atoms with Gasteiger partial charge in [-0.2, -0.15) is 0 Å². The molecule has 126 valence electrons. The molecule has 3 aliphatic rings. The molecule has 3 aliphatic heterocycles. The lowest BCUT2D eigenvalue weighted by atomic mass is 9.95. The Morgan fingerprint density at radius 3 is 2.78 bits per heavy atom. The van der Waals surface area contributed by atoms with Crippen molar-refractivity contribution >= 4 is 5.91 Å². The first-order chi connectivity index (χ1) is 11.0. The first-order valence-electron chi connectivity index (χ1n) is 8.41. The Morgan fingerprint density at radius 2 is 2.09 bits per heavy atom. The Labute approximate surface area is 137 Å². The molecule has 2 atom stereocenters. The zero-order chi connectivity index (χ0) is 16.4. The van der Waals surface area contributed by atoms with Crippen LogP contribution in [-0.4, -0.2) is 68.1 Å². The Kier molecular flexibility index (Phi) is 4.75. The highest BCUT2D eigenvalue weighted by Crippen LogP contribution is 2.28. The zero-order valence-corrected chi connectivity index (χ0v) is 14.3. The molecule has 1 amide bonds. The summed E-state index contributed by atoms with van der Waals surface area (Å²) < 4.78 is 1.58. The summed E-state index contributed by atoms with van der Waals surface area (Å²) in [5.41, 5.74) is 1.35. The average molecular weight is 318 g/mol. The number of hydrogen-bond acceptors (Lipinski definition) is 5. The van der Waals surface area contributed by atoms with Crippen LogP contribution < -0.4 is 0 Å². The largest absolute Gasteiger partial charge is 0.339 e. The molecule has 1 aromatic heterocycles. The van der Waals surface area contributed by atoms with E-state index in [9.17, 15) is 4.79 Å². The standard InChI is InChI=1S/C16H26N6O/c1-12(2)6-7-20-8-14-4-5-15(20)10-21(9-14)16(23)11-22-13(3)17-18-19-22/h6,14-15H,4-5,7-11H2,1-3H3/t14-,15-/m1/s1. The summed E-state index contributed by atoms with van der Waals surface area (Å²) in [6.07, 6.45) is 4.70. The SMILES string of the molecule is CC(C)=CCN1C[C@H]2CC[C@@H]1CN(C(=O)Cn1nnnc1C)C2. The Bertz CT molecular complexity index is 591. The van der Waals surface area contributed by atoms with Crippen molar-refractivity contribution in [3.05, 3.63) is 17.5 Å². The number of carbonyl (C=O) groups excluding carboxylic acids is 1. The van der Waals surface area contributed by atoms with Crippen LogP contribution in [-0.2, 0) is 11.3 Å². The molecule has 4 rings (SSSR count). The van der Waals surface area contributed by atoms with E-state index >= 15 is 0 Å². The molecule has 3 saturated heterocycles. The maximum absolute atomic E-state index is 12.6. The quantitative estimate of drug-likeness (QED) is 0.771. The third-order valence-corrected chi connectivity index (χ3v) is 4.91. The highest BCUT2D eigenvalue weighted by Gasteiger charge is 2.36. The van der Waals surface area contributed by atoms with Crippen molar-refractivity contribution in [1.82, 2.24) is 30.0 Å². The van der Waals surface area contributed by atoms with Gasteiger partial charge in [0.2, 0.25) is 5.91 Å². The van der Waals surface area contributed by atoms with Gasteiger partial charge in [-0.3, -0.25) is 9.69 Å². The van der Waals surface area contributed by atoms with Crippen molar-refractivity contribution in [3.63, 3.8) is 0 Å². The minimum atomic E-state index is 0.126. The number of allylic oxidation sites excluding steroid dienone is 1. The van der Waals surface area contributed by atoms with Gasteiger partial charge >= 0.3 is 0 Å². The molecule has 2 bridgehead atoms. The van der Waals surface area contributed by atoms with Gasteiger partial charge in [0.15, 0.2) is 0 Å². The Hall–Kier alpha value is -1.76. The second-order valence-electron chi connectivity index (χ2n) is 7.02. The minimum absolute atomic E-state index is 0.126. The number of nitrogens with zero attached hydrogens (tertiary/aromatic N) is 6. The van der Waals surface area contributed by atoms with Crippen LogP contribution in [0.4, 0.5) is 0 Å². The van der Waals surface area contributed by atoms with E-state index in [1.54, 1.807) is 4.68 Å². The van der Waals surface area contributed by atoms with Gasteiger partial charge in [-0.05, 0) is 50.0 Å². The van der Waals surface area contributed by atoms with Gasteiger partial charge in [0, 0.05) is 32.2 Å². The fourth-order valence-corrected chi connectivity index (χ4v) is 3.53. The Balaban J connectivity index is 1.65. The number of piperidine rings is 1. The van der Waals surface area contributed by atoms with E-state index in [0.717, 1.165) is 26.2 Å². The number of tetrazole rings is 1. The number of fused-ring (bicyclic) bond motifs is 4.